The first-order valence-electron chi connectivity index (χ1n) is 8.25. The molecule has 0 saturated carbocycles. The van der Waals surface area contributed by atoms with Crippen molar-refractivity contribution in [2.75, 3.05) is 25.4 Å². The SMILES string of the molecule is CCCNCC(CC1CCc2sc(N)nc2C1)C(=O)OCC. The second-order valence-electron chi connectivity index (χ2n) is 5.92. The first kappa shape index (κ1) is 17.2. The maximum Gasteiger partial charge on any atom is 0.310 e. The lowest BCUT2D eigenvalue weighted by Gasteiger charge is -2.25. The highest BCUT2D eigenvalue weighted by molar-refractivity contribution is 7.15. The lowest BCUT2D eigenvalue weighted by molar-refractivity contribution is -0.148. The lowest BCUT2D eigenvalue weighted by atomic mass is 9.83. The number of nitrogens with two attached hydrogens (primary N) is 1. The van der Waals surface area contributed by atoms with Gasteiger partial charge in [0.15, 0.2) is 5.13 Å². The summed E-state index contributed by atoms with van der Waals surface area (Å²) in [4.78, 5) is 17.9. The molecule has 6 heteroatoms. The van der Waals surface area contributed by atoms with Crippen molar-refractivity contribution in [1.82, 2.24) is 10.3 Å². The van der Waals surface area contributed by atoms with E-state index in [4.69, 9.17) is 10.5 Å². The molecule has 124 valence electrons. The third-order valence-corrected chi connectivity index (χ3v) is 5.10. The normalized spacial score (nSPS) is 18.7. The zero-order valence-electron chi connectivity index (χ0n) is 13.6. The molecule has 2 rings (SSSR count). The first-order chi connectivity index (χ1) is 10.6. The fourth-order valence-corrected chi connectivity index (χ4v) is 3.92. The number of thiazole rings is 1. The predicted molar refractivity (Wildman–Crippen MR) is 89.9 cm³/mol. The van der Waals surface area contributed by atoms with Gasteiger partial charge in [-0.15, -0.1) is 11.3 Å². The van der Waals surface area contributed by atoms with Crippen LogP contribution >= 0.6 is 11.3 Å². The molecule has 0 amide bonds. The Kier molecular flexibility index (Phi) is 6.64. The van der Waals surface area contributed by atoms with Gasteiger partial charge in [0.2, 0.25) is 0 Å². The summed E-state index contributed by atoms with van der Waals surface area (Å²) < 4.78 is 5.24. The summed E-state index contributed by atoms with van der Waals surface area (Å²) in [6.07, 6.45) is 5.02. The monoisotopic (exact) mass is 325 g/mol. The Balaban J connectivity index is 1.93. The number of hydrogen-bond acceptors (Lipinski definition) is 6. The van der Waals surface area contributed by atoms with E-state index in [1.165, 1.54) is 4.88 Å². The third kappa shape index (κ3) is 4.68. The van der Waals surface area contributed by atoms with Crippen LogP contribution in [0.5, 0.6) is 0 Å². The Morgan fingerprint density at radius 3 is 3.09 bits per heavy atom. The van der Waals surface area contributed by atoms with E-state index in [0.717, 1.165) is 44.3 Å². The topological polar surface area (TPSA) is 77.2 Å². The van der Waals surface area contributed by atoms with E-state index in [-0.39, 0.29) is 11.9 Å². The van der Waals surface area contributed by atoms with Crippen molar-refractivity contribution in [3.63, 3.8) is 0 Å². The van der Waals surface area contributed by atoms with Crippen molar-refractivity contribution in [3.05, 3.63) is 10.6 Å². The zero-order chi connectivity index (χ0) is 15.9. The second kappa shape index (κ2) is 8.48. The highest BCUT2D eigenvalue weighted by Crippen LogP contribution is 2.33. The standard InChI is InChI=1S/C16H27N3O2S/c1-3-7-18-10-12(15(20)21-4-2)8-11-5-6-14-13(9-11)19-16(17)22-14/h11-12,18H,3-10H2,1-2H3,(H2,17,19). The minimum atomic E-state index is -0.0744. The molecule has 2 atom stereocenters. The molecule has 1 aromatic heterocycles. The average molecular weight is 325 g/mol. The van der Waals surface area contributed by atoms with E-state index < -0.39 is 0 Å². The number of ether oxygens (including phenoxy) is 1. The van der Waals surface area contributed by atoms with Crippen LogP contribution < -0.4 is 11.1 Å². The average Bonchev–Trinajstić information content (AvgIpc) is 2.86. The summed E-state index contributed by atoms with van der Waals surface area (Å²) in [6.45, 7) is 6.07. The molecule has 0 saturated heterocycles. The second-order valence-corrected chi connectivity index (χ2v) is 7.03. The first-order valence-corrected chi connectivity index (χ1v) is 9.07. The van der Waals surface area contributed by atoms with E-state index in [0.29, 0.717) is 24.2 Å². The fraction of sp³-hybridized carbons (Fsp3) is 0.750. The van der Waals surface area contributed by atoms with Crippen molar-refractivity contribution in [1.29, 1.82) is 0 Å². The number of rotatable bonds is 8. The van der Waals surface area contributed by atoms with Crippen LogP contribution in [0.25, 0.3) is 0 Å². The van der Waals surface area contributed by atoms with Crippen LogP contribution in [0.2, 0.25) is 0 Å². The van der Waals surface area contributed by atoms with E-state index in [1.54, 1.807) is 11.3 Å². The molecule has 1 aromatic rings. The number of carbonyl (C=O) groups is 1. The Morgan fingerprint density at radius 1 is 1.55 bits per heavy atom. The molecule has 1 aliphatic carbocycles. The van der Waals surface area contributed by atoms with Crippen LogP contribution in [0.15, 0.2) is 0 Å². The highest BCUT2D eigenvalue weighted by atomic mass is 32.1. The summed E-state index contributed by atoms with van der Waals surface area (Å²) in [5, 5.41) is 4.02. The Morgan fingerprint density at radius 2 is 2.36 bits per heavy atom. The summed E-state index contributed by atoms with van der Waals surface area (Å²) in [6, 6.07) is 0. The van der Waals surface area contributed by atoms with E-state index in [9.17, 15) is 4.79 Å². The van der Waals surface area contributed by atoms with Crippen molar-refractivity contribution < 1.29 is 9.53 Å². The van der Waals surface area contributed by atoms with Crippen LogP contribution in [0.3, 0.4) is 0 Å². The van der Waals surface area contributed by atoms with Gasteiger partial charge in [-0.3, -0.25) is 4.79 Å². The molecule has 1 heterocycles. The van der Waals surface area contributed by atoms with Crippen molar-refractivity contribution in [2.45, 2.75) is 46.0 Å². The highest BCUT2D eigenvalue weighted by Gasteiger charge is 2.28. The van der Waals surface area contributed by atoms with Gasteiger partial charge in [-0.2, -0.15) is 0 Å². The molecule has 3 N–H and O–H groups in total. The van der Waals surface area contributed by atoms with Crippen LogP contribution in [0.4, 0.5) is 5.13 Å². The molecule has 0 spiro atoms. The van der Waals surface area contributed by atoms with Crippen LogP contribution in [0.1, 0.15) is 43.7 Å². The van der Waals surface area contributed by atoms with E-state index >= 15 is 0 Å². The molecule has 1 aliphatic rings. The number of nitrogens with one attached hydrogen (secondary N) is 1. The number of carbonyl (C=O) groups excluding carboxylic acids is 1. The van der Waals surface area contributed by atoms with Gasteiger partial charge in [0.25, 0.3) is 0 Å². The summed E-state index contributed by atoms with van der Waals surface area (Å²) in [5.41, 5.74) is 6.94. The number of nitrogens with zero attached hydrogens (tertiary/aromatic N) is 1. The lowest BCUT2D eigenvalue weighted by Crippen LogP contribution is -2.33. The Hall–Kier alpha value is -1.14. The van der Waals surface area contributed by atoms with Gasteiger partial charge < -0.3 is 15.8 Å². The number of nitrogen functional groups attached to an aromatic ring is 1. The van der Waals surface area contributed by atoms with Gasteiger partial charge in [0, 0.05) is 11.4 Å². The summed E-state index contributed by atoms with van der Waals surface area (Å²) in [7, 11) is 0. The molecule has 0 aliphatic heterocycles. The minimum Gasteiger partial charge on any atom is -0.466 e. The van der Waals surface area contributed by atoms with Crippen molar-refractivity contribution >= 4 is 22.4 Å². The minimum absolute atomic E-state index is 0.0611. The Bertz CT molecular complexity index is 490. The number of fused-ring (bicyclic) bond motifs is 1. The molecular weight excluding hydrogens is 298 g/mol. The summed E-state index contributed by atoms with van der Waals surface area (Å²) in [5.74, 6) is 0.357. The number of hydrogen-bond donors (Lipinski definition) is 2. The molecular formula is C16H27N3O2S. The number of anilines is 1. The third-order valence-electron chi connectivity index (χ3n) is 4.11. The van der Waals surface area contributed by atoms with Gasteiger partial charge in [0.05, 0.1) is 18.2 Å². The van der Waals surface area contributed by atoms with Crippen LogP contribution in [-0.2, 0) is 22.4 Å². The molecule has 0 radical (unpaired) electrons. The largest absolute Gasteiger partial charge is 0.466 e. The maximum absolute atomic E-state index is 12.2. The molecule has 5 nitrogen and oxygen atoms in total. The predicted octanol–water partition coefficient (Wildman–Crippen LogP) is 2.40. The number of aryl methyl sites for hydroxylation is 1. The van der Waals surface area contributed by atoms with Crippen LogP contribution in [-0.4, -0.2) is 30.6 Å². The number of aromatic nitrogens is 1. The van der Waals surface area contributed by atoms with Gasteiger partial charge in [-0.1, -0.05) is 6.92 Å². The molecule has 0 aromatic carbocycles. The quantitative estimate of drug-likeness (QED) is 0.567. The fourth-order valence-electron chi connectivity index (χ4n) is 3.05. The molecule has 2 unspecified atom stereocenters. The van der Waals surface area contributed by atoms with Gasteiger partial charge in [0.1, 0.15) is 0 Å². The van der Waals surface area contributed by atoms with Gasteiger partial charge in [-0.05, 0) is 51.5 Å². The van der Waals surface area contributed by atoms with Crippen LogP contribution in [0, 0.1) is 11.8 Å². The molecule has 22 heavy (non-hydrogen) atoms. The Labute approximate surface area is 136 Å². The summed E-state index contributed by atoms with van der Waals surface area (Å²) >= 11 is 1.61. The smallest absolute Gasteiger partial charge is 0.310 e. The number of esters is 1. The van der Waals surface area contributed by atoms with E-state index in [2.05, 4.69) is 17.2 Å². The van der Waals surface area contributed by atoms with Crippen molar-refractivity contribution in [2.24, 2.45) is 11.8 Å². The zero-order valence-corrected chi connectivity index (χ0v) is 14.4. The van der Waals surface area contributed by atoms with Gasteiger partial charge in [-0.25, -0.2) is 4.98 Å². The molecule has 0 fully saturated rings. The maximum atomic E-state index is 12.2. The molecule has 0 bridgehead atoms. The van der Waals surface area contributed by atoms with Crippen molar-refractivity contribution in [3.8, 4) is 0 Å². The van der Waals surface area contributed by atoms with E-state index in [1.807, 2.05) is 6.92 Å². The van der Waals surface area contributed by atoms with Gasteiger partial charge >= 0.3 is 5.97 Å².